The first-order valence-electron chi connectivity index (χ1n) is 7.08. The minimum Gasteiger partial charge on any atom is -0.199 e. The summed E-state index contributed by atoms with van der Waals surface area (Å²) in [5.41, 5.74) is 0. The molecule has 1 nitrogen and oxygen atoms in total. The normalized spacial score (nSPS) is 31.1. The van der Waals surface area contributed by atoms with Crippen LogP contribution in [0.2, 0.25) is 0 Å². The summed E-state index contributed by atoms with van der Waals surface area (Å²) in [5.74, 6) is 3.28. The van der Waals surface area contributed by atoms with E-state index in [2.05, 4.69) is 6.92 Å². The minimum absolute atomic E-state index is 1.03. The lowest BCUT2D eigenvalue weighted by Crippen LogP contribution is -2.22. The second-order valence-electron chi connectivity index (χ2n) is 5.64. The average Bonchev–Trinajstić information content (AvgIpc) is 2.32. The standard InChI is InChI=1S/C13H24.C2H3N/c1-11-7-9-13(10-8-11)12-5-3-2-4-6-12;1-2-3/h11-13H,2-10H2,1H3;1H3. The van der Waals surface area contributed by atoms with Crippen LogP contribution >= 0.6 is 0 Å². The van der Waals surface area contributed by atoms with E-state index in [9.17, 15) is 0 Å². The molecule has 92 valence electrons. The molecule has 0 aromatic carbocycles. The Morgan fingerprint density at radius 1 is 0.812 bits per heavy atom. The zero-order chi connectivity index (χ0) is 11.8. The summed E-state index contributed by atoms with van der Waals surface area (Å²) in [6, 6.07) is 1.75. The number of nitrogens with zero attached hydrogens (tertiary/aromatic N) is 1. The Labute approximate surface area is 101 Å². The SMILES string of the molecule is CC#N.CC1CCC(C2CCCCC2)CC1. The monoisotopic (exact) mass is 221 g/mol. The van der Waals surface area contributed by atoms with Crippen molar-refractivity contribution in [2.24, 2.45) is 17.8 Å². The molecule has 0 saturated heterocycles. The highest BCUT2D eigenvalue weighted by Gasteiger charge is 2.26. The fourth-order valence-corrected chi connectivity index (χ4v) is 3.36. The van der Waals surface area contributed by atoms with E-state index >= 15 is 0 Å². The van der Waals surface area contributed by atoms with E-state index in [1.165, 1.54) is 39.0 Å². The van der Waals surface area contributed by atoms with Gasteiger partial charge < -0.3 is 0 Å². The quantitative estimate of drug-likeness (QED) is 0.616. The highest BCUT2D eigenvalue weighted by Crippen LogP contribution is 2.39. The van der Waals surface area contributed by atoms with E-state index in [0.29, 0.717) is 0 Å². The summed E-state index contributed by atoms with van der Waals surface area (Å²) in [5, 5.41) is 7.32. The van der Waals surface area contributed by atoms with Gasteiger partial charge in [0.15, 0.2) is 0 Å². The fraction of sp³-hybridized carbons (Fsp3) is 0.933. The van der Waals surface area contributed by atoms with Gasteiger partial charge in [0.2, 0.25) is 0 Å². The molecular formula is C15H27N. The van der Waals surface area contributed by atoms with Gasteiger partial charge in [-0.1, -0.05) is 51.9 Å². The van der Waals surface area contributed by atoms with Crippen LogP contribution in [0.25, 0.3) is 0 Å². The van der Waals surface area contributed by atoms with Crippen LogP contribution in [0.5, 0.6) is 0 Å². The van der Waals surface area contributed by atoms with Crippen molar-refractivity contribution in [3.63, 3.8) is 0 Å². The molecule has 0 bridgehead atoms. The Bertz CT molecular complexity index is 202. The van der Waals surface area contributed by atoms with E-state index in [1.807, 2.05) is 0 Å². The van der Waals surface area contributed by atoms with Crippen molar-refractivity contribution >= 4 is 0 Å². The van der Waals surface area contributed by atoms with Crippen molar-refractivity contribution in [1.29, 1.82) is 5.26 Å². The predicted molar refractivity (Wildman–Crippen MR) is 69.0 cm³/mol. The third-order valence-corrected chi connectivity index (χ3v) is 4.38. The van der Waals surface area contributed by atoms with E-state index in [4.69, 9.17) is 5.26 Å². The number of hydrogen-bond acceptors (Lipinski definition) is 1. The molecule has 0 aromatic rings. The van der Waals surface area contributed by atoms with Crippen molar-refractivity contribution in [3.8, 4) is 6.07 Å². The van der Waals surface area contributed by atoms with E-state index < -0.39 is 0 Å². The van der Waals surface area contributed by atoms with Crippen LogP contribution in [0, 0.1) is 29.1 Å². The first-order valence-corrected chi connectivity index (χ1v) is 7.08. The Balaban J connectivity index is 0.000000386. The van der Waals surface area contributed by atoms with Crippen LogP contribution in [0.3, 0.4) is 0 Å². The van der Waals surface area contributed by atoms with Crippen molar-refractivity contribution in [3.05, 3.63) is 0 Å². The summed E-state index contributed by atoms with van der Waals surface area (Å²) in [6.45, 7) is 3.86. The smallest absolute Gasteiger partial charge is 0.0587 e. The van der Waals surface area contributed by atoms with Crippen LogP contribution in [0.15, 0.2) is 0 Å². The summed E-state index contributed by atoms with van der Waals surface area (Å²) in [7, 11) is 0. The van der Waals surface area contributed by atoms with Gasteiger partial charge in [0.05, 0.1) is 6.07 Å². The second kappa shape index (κ2) is 7.71. The van der Waals surface area contributed by atoms with Gasteiger partial charge >= 0.3 is 0 Å². The molecule has 2 rings (SSSR count). The van der Waals surface area contributed by atoms with Crippen LogP contribution in [0.1, 0.15) is 71.6 Å². The molecule has 0 spiro atoms. The average molecular weight is 221 g/mol. The molecule has 0 radical (unpaired) electrons. The third-order valence-electron chi connectivity index (χ3n) is 4.38. The molecule has 2 aliphatic rings. The molecule has 2 fully saturated rings. The third kappa shape index (κ3) is 4.56. The number of rotatable bonds is 1. The minimum atomic E-state index is 1.03. The van der Waals surface area contributed by atoms with Gasteiger partial charge in [-0.3, -0.25) is 0 Å². The molecule has 16 heavy (non-hydrogen) atoms. The summed E-state index contributed by atoms with van der Waals surface area (Å²) >= 11 is 0. The van der Waals surface area contributed by atoms with Gasteiger partial charge in [-0.05, 0) is 30.6 Å². The largest absolute Gasteiger partial charge is 0.199 e. The molecule has 0 atom stereocenters. The Kier molecular flexibility index (Phi) is 6.53. The highest BCUT2D eigenvalue weighted by atomic mass is 14.3. The van der Waals surface area contributed by atoms with E-state index in [0.717, 1.165) is 17.8 Å². The summed E-state index contributed by atoms with van der Waals surface area (Å²) in [4.78, 5) is 0. The van der Waals surface area contributed by atoms with E-state index in [1.54, 1.807) is 31.8 Å². The lowest BCUT2D eigenvalue weighted by Gasteiger charge is -2.34. The molecule has 0 heterocycles. The van der Waals surface area contributed by atoms with Gasteiger partial charge in [0.1, 0.15) is 0 Å². The maximum atomic E-state index is 7.32. The number of hydrogen-bond donors (Lipinski definition) is 0. The summed E-state index contributed by atoms with van der Waals surface area (Å²) in [6.07, 6.45) is 13.8. The van der Waals surface area contributed by atoms with Crippen LogP contribution in [0.4, 0.5) is 0 Å². The molecule has 2 aliphatic carbocycles. The Morgan fingerprint density at radius 2 is 1.25 bits per heavy atom. The van der Waals surface area contributed by atoms with Crippen LogP contribution in [-0.4, -0.2) is 0 Å². The van der Waals surface area contributed by atoms with E-state index in [-0.39, 0.29) is 0 Å². The van der Waals surface area contributed by atoms with Crippen molar-refractivity contribution in [1.82, 2.24) is 0 Å². The van der Waals surface area contributed by atoms with Gasteiger partial charge in [-0.2, -0.15) is 5.26 Å². The Morgan fingerprint density at radius 3 is 1.75 bits per heavy atom. The maximum absolute atomic E-state index is 7.32. The van der Waals surface area contributed by atoms with Crippen molar-refractivity contribution < 1.29 is 0 Å². The lowest BCUT2D eigenvalue weighted by atomic mass is 9.71. The number of nitriles is 1. The Hall–Kier alpha value is -0.510. The van der Waals surface area contributed by atoms with Gasteiger partial charge in [-0.25, -0.2) is 0 Å². The van der Waals surface area contributed by atoms with Crippen LogP contribution < -0.4 is 0 Å². The first kappa shape index (κ1) is 13.6. The molecule has 0 unspecified atom stereocenters. The van der Waals surface area contributed by atoms with Gasteiger partial charge in [0, 0.05) is 6.92 Å². The molecule has 0 N–H and O–H groups in total. The van der Waals surface area contributed by atoms with Crippen LogP contribution in [-0.2, 0) is 0 Å². The zero-order valence-corrected chi connectivity index (χ0v) is 11.0. The summed E-state index contributed by atoms with van der Waals surface area (Å²) < 4.78 is 0. The second-order valence-corrected chi connectivity index (χ2v) is 5.64. The molecule has 1 heteroatoms. The maximum Gasteiger partial charge on any atom is 0.0587 e. The predicted octanol–water partition coefficient (Wildman–Crippen LogP) is 4.92. The fourth-order valence-electron chi connectivity index (χ4n) is 3.36. The van der Waals surface area contributed by atoms with Crippen molar-refractivity contribution in [2.75, 3.05) is 0 Å². The first-order chi connectivity index (χ1) is 7.77. The zero-order valence-electron chi connectivity index (χ0n) is 11.0. The lowest BCUT2D eigenvalue weighted by molar-refractivity contribution is 0.173. The molecule has 0 aliphatic heterocycles. The van der Waals surface area contributed by atoms with Crippen molar-refractivity contribution in [2.45, 2.75) is 71.6 Å². The molecule has 0 amide bonds. The molecule has 0 aromatic heterocycles. The highest BCUT2D eigenvalue weighted by molar-refractivity contribution is 4.78. The molecular weight excluding hydrogens is 194 g/mol. The van der Waals surface area contributed by atoms with Gasteiger partial charge in [-0.15, -0.1) is 0 Å². The molecule has 2 saturated carbocycles. The van der Waals surface area contributed by atoms with Gasteiger partial charge in [0.25, 0.3) is 0 Å². The topological polar surface area (TPSA) is 23.8 Å².